The zero-order chi connectivity index (χ0) is 56.2. The highest BCUT2D eigenvalue weighted by Gasteiger charge is 2.49. The second-order valence-electron chi connectivity index (χ2n) is 23.5. The maximum absolute atomic E-state index is 15.4. The van der Waals surface area contributed by atoms with E-state index in [4.69, 9.17) is 14.2 Å². The monoisotopic (exact) mass is 1080 g/mol. The number of anilines is 2. The number of ether oxygens (including phenoxy) is 3. The molecule has 0 radical (unpaired) electrons. The number of nitrogens with zero attached hydrogens (tertiary/aromatic N) is 1. The van der Waals surface area contributed by atoms with Crippen LogP contribution in [0.25, 0.3) is 50.2 Å². The molecule has 1 amide bonds. The number of hydrogen-bond acceptors (Lipinski definition) is 5. The van der Waals surface area contributed by atoms with Crippen LogP contribution in [0.4, 0.5) is 24.5 Å². The lowest BCUT2D eigenvalue weighted by Gasteiger charge is -2.39. The first-order valence-electron chi connectivity index (χ1n) is 29.1. The Morgan fingerprint density at radius 3 is 2.09 bits per heavy atom. The number of nitrogens with one attached hydrogen (secondary N) is 1. The Morgan fingerprint density at radius 2 is 1.42 bits per heavy atom. The van der Waals surface area contributed by atoms with Gasteiger partial charge in [-0.15, -0.1) is 0 Å². The number of rotatable bonds is 13. The molecule has 9 heteroatoms. The molecule has 0 aromatic heterocycles. The maximum Gasteiger partial charge on any atom is 0.416 e. The highest BCUT2D eigenvalue weighted by Crippen LogP contribution is 2.61. The summed E-state index contributed by atoms with van der Waals surface area (Å²) in [5.74, 6) is 2.42. The number of hydrogen-bond donors (Lipinski definition) is 1. The Labute approximate surface area is 475 Å². The molecule has 6 nitrogen and oxygen atoms in total. The van der Waals surface area contributed by atoms with Gasteiger partial charge in [0.2, 0.25) is 0 Å². The number of halogens is 3. The van der Waals surface area contributed by atoms with Crippen molar-refractivity contribution < 1.29 is 32.2 Å². The van der Waals surface area contributed by atoms with Crippen LogP contribution in [0.5, 0.6) is 11.5 Å². The van der Waals surface area contributed by atoms with Crippen LogP contribution in [0.2, 0.25) is 0 Å². The van der Waals surface area contributed by atoms with Gasteiger partial charge in [-0.25, -0.2) is 0 Å². The number of carbonyl (C=O) groups excluding carboxylic acids is 1. The predicted octanol–water partition coefficient (Wildman–Crippen LogP) is 18.4. The molecule has 1 unspecified atom stereocenters. The van der Waals surface area contributed by atoms with Crippen molar-refractivity contribution in [3.05, 3.63) is 207 Å². The van der Waals surface area contributed by atoms with Crippen molar-refractivity contribution in [2.75, 3.05) is 43.6 Å². The maximum atomic E-state index is 15.4. The van der Waals surface area contributed by atoms with Gasteiger partial charge in [-0.3, -0.25) is 4.79 Å². The largest absolute Gasteiger partial charge is 0.496 e. The van der Waals surface area contributed by atoms with Crippen molar-refractivity contribution in [2.45, 2.75) is 109 Å². The van der Waals surface area contributed by atoms with Crippen molar-refractivity contribution in [3.8, 4) is 44.9 Å². The van der Waals surface area contributed by atoms with E-state index in [9.17, 15) is 4.79 Å². The lowest BCUT2D eigenvalue weighted by Crippen LogP contribution is -2.37. The van der Waals surface area contributed by atoms with Crippen LogP contribution in [0.15, 0.2) is 152 Å². The second-order valence-corrected chi connectivity index (χ2v) is 23.5. The van der Waals surface area contributed by atoms with E-state index >= 15 is 13.2 Å². The van der Waals surface area contributed by atoms with Crippen LogP contribution < -0.4 is 19.7 Å². The topological polar surface area (TPSA) is 60.0 Å². The molecule has 1 saturated heterocycles. The summed E-state index contributed by atoms with van der Waals surface area (Å²) < 4.78 is 65.7. The third kappa shape index (κ3) is 10.00. The van der Waals surface area contributed by atoms with E-state index in [1.54, 1.807) is 14.0 Å². The zero-order valence-corrected chi connectivity index (χ0v) is 47.4. The Kier molecular flexibility index (Phi) is 14.5. The van der Waals surface area contributed by atoms with Gasteiger partial charge in [0, 0.05) is 63.1 Å². The fourth-order valence-electron chi connectivity index (χ4n) is 13.9. The van der Waals surface area contributed by atoms with Crippen molar-refractivity contribution >= 4 is 34.1 Å². The first kappa shape index (κ1) is 54.0. The normalized spacial score (nSPS) is 19.1. The van der Waals surface area contributed by atoms with E-state index in [1.807, 2.05) is 93.6 Å². The number of carbonyl (C=O) groups is 1. The predicted molar refractivity (Wildman–Crippen MR) is 323 cm³/mol. The summed E-state index contributed by atoms with van der Waals surface area (Å²) >= 11 is 0. The van der Waals surface area contributed by atoms with E-state index in [0.29, 0.717) is 58.4 Å². The minimum atomic E-state index is -4.60. The number of aryl methyl sites for hydroxylation is 2. The molecule has 0 bridgehead atoms. The Bertz CT molecular complexity index is 3680. The van der Waals surface area contributed by atoms with Gasteiger partial charge < -0.3 is 24.4 Å². The van der Waals surface area contributed by atoms with Crippen LogP contribution >= 0.6 is 0 Å². The zero-order valence-electron chi connectivity index (χ0n) is 47.4. The number of methoxy groups -OCH3 is 1. The summed E-state index contributed by atoms with van der Waals surface area (Å²) in [6.45, 7) is 12.7. The molecule has 4 aliphatic rings. The minimum Gasteiger partial charge on any atom is -0.496 e. The number of morpholine rings is 1. The van der Waals surface area contributed by atoms with Crippen molar-refractivity contribution in [1.82, 2.24) is 0 Å². The molecular formula is C72H71F3N2O4. The Balaban J connectivity index is 0.886. The molecule has 0 spiro atoms. The third-order valence-corrected chi connectivity index (χ3v) is 18.0. The summed E-state index contributed by atoms with van der Waals surface area (Å²) in [5, 5.41) is 4.59. The number of alkyl halides is 3. The van der Waals surface area contributed by atoms with E-state index in [2.05, 4.69) is 96.0 Å². The average Bonchev–Trinajstić information content (AvgIpc) is 4.00. The fraction of sp³-hybridized carbons (Fsp3) is 0.319. The molecule has 1 saturated carbocycles. The van der Waals surface area contributed by atoms with Gasteiger partial charge in [0.15, 0.2) is 5.60 Å². The van der Waals surface area contributed by atoms with Gasteiger partial charge in [0.05, 0.1) is 25.9 Å². The standard InChI is InChI=1S/C72H71F3N2O4/c1-7-8-10-13-47-16-18-48(19-17-47)49-20-22-50(23-21-49)51-24-26-52(27-25-51)69(78)76-55-30-33-57(46(3)42-55)59-43-60-61(44-64(59)79-6)68-58(67-65(60)62-40-45(2)41-63(72(73,74)75)66(62)70(67,4)5)34-35-71(81-68,53-14-11-9-12-15-53)54-28-31-56(32-29-54)77-36-38-80-39-37-77/h9,11-12,14-15,20-35,40-44,47-48H,7-8,10,13,16-19,36-39H2,1-6H3,(H,76,78). The molecule has 414 valence electrons. The highest BCUT2D eigenvalue weighted by atomic mass is 19.4. The second kappa shape index (κ2) is 21.7. The molecule has 2 fully saturated rings. The number of amides is 1. The van der Waals surface area contributed by atoms with Crippen molar-refractivity contribution in [2.24, 2.45) is 5.92 Å². The van der Waals surface area contributed by atoms with E-state index in [1.165, 1.54) is 63.0 Å². The van der Waals surface area contributed by atoms with E-state index < -0.39 is 22.8 Å². The van der Waals surface area contributed by atoms with Gasteiger partial charge in [-0.1, -0.05) is 144 Å². The number of unbranched alkanes of at least 4 members (excludes halogenated alkanes) is 2. The van der Waals surface area contributed by atoms with Crippen LogP contribution in [-0.2, 0) is 21.9 Å². The van der Waals surface area contributed by atoms with Gasteiger partial charge in [-0.05, 0) is 173 Å². The molecule has 8 aromatic carbocycles. The quantitative estimate of drug-likeness (QED) is 0.117. The van der Waals surface area contributed by atoms with Gasteiger partial charge >= 0.3 is 6.18 Å². The molecular weight excluding hydrogens is 1010 g/mol. The van der Waals surface area contributed by atoms with Crippen molar-refractivity contribution in [1.29, 1.82) is 0 Å². The molecule has 2 aliphatic heterocycles. The summed E-state index contributed by atoms with van der Waals surface area (Å²) in [4.78, 5) is 16.2. The van der Waals surface area contributed by atoms with Crippen LogP contribution in [0.3, 0.4) is 0 Å². The van der Waals surface area contributed by atoms with Gasteiger partial charge in [0.25, 0.3) is 5.91 Å². The molecule has 81 heavy (non-hydrogen) atoms. The van der Waals surface area contributed by atoms with Gasteiger partial charge in [0.1, 0.15) is 11.5 Å². The van der Waals surface area contributed by atoms with Gasteiger partial charge in [-0.2, -0.15) is 13.2 Å². The minimum absolute atomic E-state index is 0.221. The molecule has 12 rings (SSSR count). The summed E-state index contributed by atoms with van der Waals surface area (Å²) in [6.07, 6.45) is 10.1. The lowest BCUT2D eigenvalue weighted by atomic mass is 9.75. The smallest absolute Gasteiger partial charge is 0.416 e. The van der Waals surface area contributed by atoms with E-state index in [-0.39, 0.29) is 11.5 Å². The van der Waals surface area contributed by atoms with Crippen LogP contribution in [0.1, 0.15) is 138 Å². The summed E-state index contributed by atoms with van der Waals surface area (Å²) in [6, 6.07) is 48.4. The average molecular weight is 1090 g/mol. The summed E-state index contributed by atoms with van der Waals surface area (Å²) in [5.41, 5.74) is 10.9. The number of fused-ring (bicyclic) bond motifs is 8. The molecule has 8 aromatic rings. The Morgan fingerprint density at radius 1 is 0.728 bits per heavy atom. The lowest BCUT2D eigenvalue weighted by molar-refractivity contribution is -0.138. The Hall–Kier alpha value is -7.62. The molecule has 1 atom stereocenters. The first-order chi connectivity index (χ1) is 39.1. The third-order valence-electron chi connectivity index (χ3n) is 18.0. The molecule has 2 heterocycles. The van der Waals surface area contributed by atoms with E-state index in [0.717, 1.165) is 85.7 Å². The highest BCUT2D eigenvalue weighted by molar-refractivity contribution is 6.11. The van der Waals surface area contributed by atoms with Crippen molar-refractivity contribution in [3.63, 3.8) is 0 Å². The van der Waals surface area contributed by atoms with Crippen LogP contribution in [-0.4, -0.2) is 39.3 Å². The fourth-order valence-corrected chi connectivity index (χ4v) is 13.9. The first-order valence-corrected chi connectivity index (χ1v) is 29.1. The number of benzene rings is 8. The molecule has 2 aliphatic carbocycles. The van der Waals surface area contributed by atoms with Crippen LogP contribution in [0, 0.1) is 19.8 Å². The molecule has 1 N–H and O–H groups in total. The summed E-state index contributed by atoms with van der Waals surface area (Å²) in [7, 11) is 1.64. The SMILES string of the molecule is CCCCCC1CCC(c2ccc(-c3ccc(C(=O)Nc4ccc(-c5cc6c7c(c8c(c6cc5OC)OC(c5ccccc5)(c5ccc(N6CCOCC6)cc5)C=C8)C(C)(C)c5c-7cc(C)cc5C(F)(F)F)c(C)c4)cc3)cc2)CC1.